The lowest BCUT2D eigenvalue weighted by Gasteiger charge is -2.19. The van der Waals surface area contributed by atoms with Crippen LogP contribution < -0.4 is 5.73 Å². The highest BCUT2D eigenvalue weighted by Crippen LogP contribution is 2.29. The third-order valence-corrected chi connectivity index (χ3v) is 3.29. The zero-order chi connectivity index (χ0) is 12.3. The molecule has 0 saturated heterocycles. The number of carbonyl (C=O) groups is 1. The summed E-state index contributed by atoms with van der Waals surface area (Å²) in [5.74, 6) is -1.17. The Morgan fingerprint density at radius 3 is 2.69 bits per heavy atom. The van der Waals surface area contributed by atoms with Crippen LogP contribution >= 0.6 is 31.9 Å². The minimum absolute atomic E-state index is 0.0229. The van der Waals surface area contributed by atoms with Crippen LogP contribution in [-0.2, 0) is 4.79 Å². The van der Waals surface area contributed by atoms with Crippen molar-refractivity contribution in [1.82, 2.24) is 4.98 Å². The molecule has 1 heterocycles. The van der Waals surface area contributed by atoms with Crippen LogP contribution in [0.25, 0.3) is 0 Å². The number of carboxylic acids is 1. The van der Waals surface area contributed by atoms with E-state index in [1.165, 1.54) is 0 Å². The second-order valence-electron chi connectivity index (χ2n) is 3.58. The van der Waals surface area contributed by atoms with Gasteiger partial charge < -0.3 is 10.8 Å². The van der Waals surface area contributed by atoms with Gasteiger partial charge in [-0.25, -0.2) is 0 Å². The molecule has 0 spiro atoms. The monoisotopic (exact) mass is 350 g/mol. The molecule has 3 N–H and O–H groups in total. The van der Waals surface area contributed by atoms with Gasteiger partial charge in [0, 0.05) is 27.1 Å². The van der Waals surface area contributed by atoms with Crippen molar-refractivity contribution < 1.29 is 9.90 Å². The van der Waals surface area contributed by atoms with Crippen molar-refractivity contribution in [2.75, 3.05) is 0 Å². The number of aromatic nitrogens is 1. The Labute approximate surface area is 111 Å². The molecule has 0 bridgehead atoms. The van der Waals surface area contributed by atoms with Crippen molar-refractivity contribution >= 4 is 37.8 Å². The predicted octanol–water partition coefficient (Wildman–Crippen LogP) is 2.51. The molecular weight excluding hydrogens is 340 g/mol. The first kappa shape index (κ1) is 13.6. The number of hydrogen-bond donors (Lipinski definition) is 2. The van der Waals surface area contributed by atoms with Crippen LogP contribution in [0.1, 0.15) is 25.0 Å². The Morgan fingerprint density at radius 2 is 2.25 bits per heavy atom. The van der Waals surface area contributed by atoms with E-state index in [1.54, 1.807) is 13.1 Å². The SMILES string of the molecule is CC(N)C(CC(=O)O)c1ncc(Br)cc1Br. The van der Waals surface area contributed by atoms with Gasteiger partial charge in [-0.15, -0.1) is 0 Å². The number of pyridine rings is 1. The van der Waals surface area contributed by atoms with Crippen molar-refractivity contribution in [1.29, 1.82) is 0 Å². The molecule has 0 radical (unpaired) electrons. The second-order valence-corrected chi connectivity index (χ2v) is 5.35. The van der Waals surface area contributed by atoms with Crippen LogP contribution in [0.5, 0.6) is 0 Å². The quantitative estimate of drug-likeness (QED) is 0.873. The van der Waals surface area contributed by atoms with Crippen LogP contribution in [0, 0.1) is 0 Å². The van der Waals surface area contributed by atoms with E-state index in [0.29, 0.717) is 5.69 Å². The molecule has 1 aromatic heterocycles. The number of nitrogens with two attached hydrogens (primary N) is 1. The summed E-state index contributed by atoms with van der Waals surface area (Å²) < 4.78 is 1.60. The van der Waals surface area contributed by atoms with E-state index in [1.807, 2.05) is 6.07 Å². The van der Waals surface area contributed by atoms with Crippen molar-refractivity contribution in [3.63, 3.8) is 0 Å². The number of hydrogen-bond acceptors (Lipinski definition) is 3. The summed E-state index contributed by atoms with van der Waals surface area (Å²) in [6.45, 7) is 1.78. The highest BCUT2D eigenvalue weighted by Gasteiger charge is 2.23. The van der Waals surface area contributed by atoms with Gasteiger partial charge in [-0.1, -0.05) is 0 Å². The highest BCUT2D eigenvalue weighted by molar-refractivity contribution is 9.11. The van der Waals surface area contributed by atoms with Gasteiger partial charge in [0.25, 0.3) is 0 Å². The average Bonchev–Trinajstić information content (AvgIpc) is 2.14. The molecule has 16 heavy (non-hydrogen) atoms. The zero-order valence-electron chi connectivity index (χ0n) is 8.65. The first-order valence-corrected chi connectivity index (χ1v) is 6.28. The van der Waals surface area contributed by atoms with E-state index in [0.717, 1.165) is 8.95 Å². The van der Waals surface area contributed by atoms with E-state index in [-0.39, 0.29) is 18.4 Å². The molecule has 6 heteroatoms. The van der Waals surface area contributed by atoms with Gasteiger partial charge in [0.2, 0.25) is 0 Å². The molecule has 88 valence electrons. The Morgan fingerprint density at radius 1 is 1.62 bits per heavy atom. The number of nitrogens with zero attached hydrogens (tertiary/aromatic N) is 1. The molecule has 0 fully saturated rings. The van der Waals surface area contributed by atoms with Crippen molar-refractivity contribution in [3.05, 3.63) is 26.9 Å². The zero-order valence-corrected chi connectivity index (χ0v) is 11.8. The van der Waals surface area contributed by atoms with Crippen LogP contribution in [0.2, 0.25) is 0 Å². The second kappa shape index (κ2) is 5.75. The summed E-state index contributed by atoms with van der Waals surface area (Å²) in [5, 5.41) is 8.83. The Bertz CT molecular complexity index is 396. The Kier molecular flexibility index (Phi) is 4.89. The fourth-order valence-electron chi connectivity index (χ4n) is 1.42. The van der Waals surface area contributed by atoms with E-state index in [9.17, 15) is 4.79 Å². The summed E-state index contributed by atoms with van der Waals surface area (Å²) in [6.07, 6.45) is 1.61. The van der Waals surface area contributed by atoms with E-state index in [2.05, 4.69) is 36.8 Å². The third-order valence-electron chi connectivity index (χ3n) is 2.22. The summed E-state index contributed by atoms with van der Waals surface area (Å²) in [4.78, 5) is 15.0. The minimum atomic E-state index is -0.876. The number of aliphatic carboxylic acids is 1. The molecule has 0 aliphatic heterocycles. The van der Waals surface area contributed by atoms with Gasteiger partial charge >= 0.3 is 5.97 Å². The number of halogens is 2. The normalized spacial score (nSPS) is 14.5. The van der Waals surface area contributed by atoms with Gasteiger partial charge in [0.05, 0.1) is 12.1 Å². The maximum Gasteiger partial charge on any atom is 0.304 e. The van der Waals surface area contributed by atoms with Crippen LogP contribution in [0.4, 0.5) is 0 Å². The summed E-state index contributed by atoms with van der Waals surface area (Å²) in [5.41, 5.74) is 6.47. The van der Waals surface area contributed by atoms with Gasteiger partial charge in [-0.3, -0.25) is 9.78 Å². The number of carboxylic acid groups (broad SMARTS) is 1. The fraction of sp³-hybridized carbons (Fsp3) is 0.400. The molecule has 0 amide bonds. The van der Waals surface area contributed by atoms with E-state index < -0.39 is 5.97 Å². The standard InChI is InChI=1S/C10H12Br2N2O2/c1-5(13)7(3-9(15)16)10-8(12)2-6(11)4-14-10/h2,4-5,7H,3,13H2,1H3,(H,15,16). The van der Waals surface area contributed by atoms with E-state index >= 15 is 0 Å². The summed E-state index contributed by atoms with van der Waals surface area (Å²) in [7, 11) is 0. The molecule has 2 atom stereocenters. The topological polar surface area (TPSA) is 76.2 Å². The van der Waals surface area contributed by atoms with Gasteiger partial charge in [-0.2, -0.15) is 0 Å². The molecule has 1 rings (SSSR count). The lowest BCUT2D eigenvalue weighted by Crippen LogP contribution is -2.27. The van der Waals surface area contributed by atoms with E-state index in [4.69, 9.17) is 10.8 Å². The van der Waals surface area contributed by atoms with Crippen LogP contribution in [-0.4, -0.2) is 22.1 Å². The lowest BCUT2D eigenvalue weighted by atomic mass is 9.94. The molecular formula is C10H12Br2N2O2. The van der Waals surface area contributed by atoms with Crippen LogP contribution in [0.3, 0.4) is 0 Å². The average molecular weight is 352 g/mol. The first-order chi connectivity index (χ1) is 7.41. The molecule has 4 nitrogen and oxygen atoms in total. The van der Waals surface area contributed by atoms with Gasteiger partial charge in [-0.05, 0) is 44.8 Å². The summed E-state index contributed by atoms with van der Waals surface area (Å²) >= 11 is 6.66. The molecule has 0 saturated carbocycles. The lowest BCUT2D eigenvalue weighted by molar-refractivity contribution is -0.137. The smallest absolute Gasteiger partial charge is 0.304 e. The Hall–Kier alpha value is -0.460. The predicted molar refractivity (Wildman–Crippen MR) is 68.3 cm³/mol. The largest absolute Gasteiger partial charge is 0.481 e. The molecule has 0 aliphatic carbocycles. The minimum Gasteiger partial charge on any atom is -0.481 e. The molecule has 0 aliphatic rings. The van der Waals surface area contributed by atoms with Crippen molar-refractivity contribution in [2.24, 2.45) is 5.73 Å². The summed E-state index contributed by atoms with van der Waals surface area (Å²) in [6, 6.07) is 1.57. The Balaban J connectivity index is 3.05. The molecule has 1 aromatic rings. The van der Waals surface area contributed by atoms with Crippen molar-refractivity contribution in [3.8, 4) is 0 Å². The molecule has 2 unspecified atom stereocenters. The maximum absolute atomic E-state index is 10.8. The fourth-order valence-corrected chi connectivity index (χ4v) is 2.70. The molecule has 0 aromatic carbocycles. The van der Waals surface area contributed by atoms with Gasteiger partial charge in [0.1, 0.15) is 0 Å². The highest BCUT2D eigenvalue weighted by atomic mass is 79.9. The third kappa shape index (κ3) is 3.54. The van der Waals surface area contributed by atoms with Crippen LogP contribution in [0.15, 0.2) is 21.2 Å². The number of rotatable bonds is 4. The van der Waals surface area contributed by atoms with Gasteiger partial charge in [0.15, 0.2) is 0 Å². The first-order valence-electron chi connectivity index (χ1n) is 4.70. The van der Waals surface area contributed by atoms with Crippen molar-refractivity contribution in [2.45, 2.75) is 25.3 Å². The maximum atomic E-state index is 10.8.